The minimum atomic E-state index is -0.268. The minimum absolute atomic E-state index is 0.168. The second-order valence-corrected chi connectivity index (χ2v) is 9.10. The normalized spacial score (nSPS) is 43.8. The molecule has 0 bridgehead atoms. The smallest absolute Gasteiger partial charge is 0.302 e. The van der Waals surface area contributed by atoms with Crippen LogP contribution < -0.4 is 0 Å². The van der Waals surface area contributed by atoms with E-state index in [4.69, 9.17) is 4.74 Å². The third kappa shape index (κ3) is 2.46. The largest absolute Gasteiger partial charge is 0.465 e. The second kappa shape index (κ2) is 6.21. The number of allylic oxidation sites excluding steroid dienone is 3. The van der Waals surface area contributed by atoms with Crippen LogP contribution in [0.2, 0.25) is 0 Å². The van der Waals surface area contributed by atoms with Gasteiger partial charge in [-0.25, -0.2) is 0 Å². The lowest BCUT2D eigenvalue weighted by molar-refractivity contribution is -0.146. The third-order valence-electron chi connectivity index (χ3n) is 8.14. The van der Waals surface area contributed by atoms with Gasteiger partial charge in [-0.05, 0) is 67.3 Å². The van der Waals surface area contributed by atoms with Gasteiger partial charge in [0.2, 0.25) is 0 Å². The molecule has 3 nitrogen and oxygen atoms in total. The summed E-state index contributed by atoms with van der Waals surface area (Å²) in [5, 5.41) is 0. The van der Waals surface area contributed by atoms with Gasteiger partial charge in [0, 0.05) is 18.8 Å². The molecular formula is C23H30O3. The monoisotopic (exact) mass is 354 g/mol. The number of carbonyl (C=O) groups is 2. The van der Waals surface area contributed by atoms with Gasteiger partial charge in [0.1, 0.15) is 6.61 Å². The highest BCUT2D eigenvalue weighted by molar-refractivity contribution is 5.93. The summed E-state index contributed by atoms with van der Waals surface area (Å²) in [6.07, 6.45) is 14.7. The van der Waals surface area contributed by atoms with Gasteiger partial charge >= 0.3 is 5.97 Å². The molecule has 3 heteroatoms. The summed E-state index contributed by atoms with van der Waals surface area (Å²) in [5.41, 5.74) is 1.27. The van der Waals surface area contributed by atoms with E-state index in [0.29, 0.717) is 42.1 Å². The first-order chi connectivity index (χ1) is 12.4. The van der Waals surface area contributed by atoms with Gasteiger partial charge in [-0.3, -0.25) is 9.59 Å². The quantitative estimate of drug-likeness (QED) is 0.548. The van der Waals surface area contributed by atoms with Gasteiger partial charge in [-0.2, -0.15) is 0 Å². The number of ketones is 1. The van der Waals surface area contributed by atoms with Crippen molar-refractivity contribution in [3.8, 4) is 0 Å². The molecule has 4 rings (SSSR count). The molecule has 6 unspecified atom stereocenters. The average Bonchev–Trinajstić information content (AvgIpc) is 2.96. The molecule has 4 aliphatic carbocycles. The molecule has 0 saturated heterocycles. The van der Waals surface area contributed by atoms with Crippen molar-refractivity contribution in [2.24, 2.45) is 34.5 Å². The fourth-order valence-electron chi connectivity index (χ4n) is 6.81. The summed E-state index contributed by atoms with van der Waals surface area (Å²) < 4.78 is 5.55. The Morgan fingerprint density at radius 1 is 1.35 bits per heavy atom. The molecule has 0 aromatic rings. The Balaban J connectivity index is 1.72. The van der Waals surface area contributed by atoms with Crippen LogP contribution in [0.1, 0.15) is 52.4 Å². The fourth-order valence-corrected chi connectivity index (χ4v) is 6.81. The Bertz CT molecular complexity index is 702. The highest BCUT2D eigenvalue weighted by atomic mass is 16.5. The van der Waals surface area contributed by atoms with Crippen molar-refractivity contribution in [3.05, 3.63) is 36.5 Å². The van der Waals surface area contributed by atoms with E-state index in [0.717, 1.165) is 12.8 Å². The molecule has 4 aliphatic rings. The maximum Gasteiger partial charge on any atom is 0.302 e. The van der Waals surface area contributed by atoms with Gasteiger partial charge in [0.15, 0.2) is 5.78 Å². The number of rotatable bonds is 3. The molecule has 0 aromatic carbocycles. The van der Waals surface area contributed by atoms with E-state index >= 15 is 0 Å². The zero-order valence-electron chi connectivity index (χ0n) is 16.0. The van der Waals surface area contributed by atoms with E-state index in [2.05, 4.69) is 31.7 Å². The topological polar surface area (TPSA) is 43.4 Å². The van der Waals surface area contributed by atoms with Crippen molar-refractivity contribution < 1.29 is 14.3 Å². The van der Waals surface area contributed by atoms with Gasteiger partial charge in [0.05, 0.1) is 0 Å². The maximum atomic E-state index is 12.0. The van der Waals surface area contributed by atoms with E-state index < -0.39 is 0 Å². The number of hydrogen-bond donors (Lipinski definition) is 0. The van der Waals surface area contributed by atoms with Crippen LogP contribution in [-0.4, -0.2) is 18.4 Å². The Morgan fingerprint density at radius 2 is 2.15 bits per heavy atom. The summed E-state index contributed by atoms with van der Waals surface area (Å²) >= 11 is 0. The first kappa shape index (κ1) is 17.8. The first-order valence-electron chi connectivity index (χ1n) is 10.1. The molecule has 6 atom stereocenters. The van der Waals surface area contributed by atoms with Crippen LogP contribution >= 0.6 is 0 Å². The third-order valence-corrected chi connectivity index (χ3v) is 8.14. The van der Waals surface area contributed by atoms with Gasteiger partial charge in [0.25, 0.3) is 0 Å². The molecule has 0 heterocycles. The van der Waals surface area contributed by atoms with Crippen LogP contribution in [0.3, 0.4) is 0 Å². The van der Waals surface area contributed by atoms with Crippen LogP contribution in [0.25, 0.3) is 0 Å². The number of fused-ring (bicyclic) bond motifs is 5. The number of esters is 1. The molecule has 0 N–H and O–H groups in total. The SMILES string of the molecule is C=CC1CCC2C3CC=C4CC(=O)C=CC4(COC(C)=O)C3CCC12C. The Kier molecular flexibility index (Phi) is 4.24. The minimum Gasteiger partial charge on any atom is -0.465 e. The molecule has 0 amide bonds. The highest BCUT2D eigenvalue weighted by Gasteiger charge is 2.58. The van der Waals surface area contributed by atoms with Crippen LogP contribution in [0.4, 0.5) is 0 Å². The van der Waals surface area contributed by atoms with Crippen LogP contribution in [0, 0.1) is 34.5 Å². The van der Waals surface area contributed by atoms with Gasteiger partial charge in [-0.1, -0.05) is 30.7 Å². The molecule has 0 spiro atoms. The molecule has 2 fully saturated rings. The molecule has 2 saturated carbocycles. The molecule has 0 aliphatic heterocycles. The maximum absolute atomic E-state index is 12.0. The van der Waals surface area contributed by atoms with E-state index in [1.54, 1.807) is 6.08 Å². The molecular weight excluding hydrogens is 324 g/mol. The van der Waals surface area contributed by atoms with Crippen molar-refractivity contribution in [1.29, 1.82) is 0 Å². The van der Waals surface area contributed by atoms with Crippen molar-refractivity contribution in [2.75, 3.05) is 6.61 Å². The van der Waals surface area contributed by atoms with Crippen molar-refractivity contribution in [1.82, 2.24) is 0 Å². The van der Waals surface area contributed by atoms with Crippen molar-refractivity contribution in [3.63, 3.8) is 0 Å². The van der Waals surface area contributed by atoms with E-state index in [1.165, 1.54) is 31.8 Å². The summed E-state index contributed by atoms with van der Waals surface area (Å²) in [6.45, 7) is 8.42. The van der Waals surface area contributed by atoms with Crippen molar-refractivity contribution >= 4 is 11.8 Å². The Labute approximate surface area is 156 Å². The number of ether oxygens (including phenoxy) is 1. The predicted octanol–water partition coefficient (Wildman–Crippen LogP) is 4.64. The average molecular weight is 354 g/mol. The molecule has 140 valence electrons. The zero-order chi connectivity index (χ0) is 18.5. The van der Waals surface area contributed by atoms with Gasteiger partial charge < -0.3 is 4.74 Å². The zero-order valence-corrected chi connectivity index (χ0v) is 16.0. The van der Waals surface area contributed by atoms with E-state index in [-0.39, 0.29) is 17.2 Å². The number of carbonyl (C=O) groups excluding carboxylic acids is 2. The fraction of sp³-hybridized carbons (Fsp3) is 0.652. The predicted molar refractivity (Wildman–Crippen MR) is 101 cm³/mol. The molecule has 0 radical (unpaired) electrons. The summed E-state index contributed by atoms with van der Waals surface area (Å²) in [6, 6.07) is 0. The lowest BCUT2D eigenvalue weighted by atomic mass is 9.48. The van der Waals surface area contributed by atoms with Gasteiger partial charge in [-0.15, -0.1) is 6.58 Å². The standard InChI is InChI=1S/C23H30O3/c1-4-16-6-8-20-19-7-5-17-13-18(25)9-12-23(17,14-26-15(2)24)21(19)10-11-22(16,20)3/h4-5,9,12,16,19-21H,1,6-8,10-11,13-14H2,2-3H3. The number of hydrogen-bond acceptors (Lipinski definition) is 3. The highest BCUT2D eigenvalue weighted by Crippen LogP contribution is 2.65. The van der Waals surface area contributed by atoms with Crippen LogP contribution in [0.5, 0.6) is 0 Å². The van der Waals surface area contributed by atoms with Crippen LogP contribution in [0.15, 0.2) is 36.5 Å². The summed E-state index contributed by atoms with van der Waals surface area (Å²) in [7, 11) is 0. The lowest BCUT2D eigenvalue weighted by Gasteiger charge is -2.56. The molecule has 0 aromatic heterocycles. The second-order valence-electron chi connectivity index (χ2n) is 9.10. The van der Waals surface area contributed by atoms with E-state index in [1.807, 2.05) is 0 Å². The Hall–Kier alpha value is -1.64. The summed E-state index contributed by atoms with van der Waals surface area (Å²) in [5.74, 6) is 2.32. The van der Waals surface area contributed by atoms with Crippen LogP contribution in [-0.2, 0) is 14.3 Å². The Morgan fingerprint density at radius 3 is 2.88 bits per heavy atom. The lowest BCUT2D eigenvalue weighted by Crippen LogP contribution is -2.51. The first-order valence-corrected chi connectivity index (χ1v) is 10.1. The van der Waals surface area contributed by atoms with Crippen molar-refractivity contribution in [2.45, 2.75) is 52.4 Å². The summed E-state index contributed by atoms with van der Waals surface area (Å²) in [4.78, 5) is 23.6. The van der Waals surface area contributed by atoms with E-state index in [9.17, 15) is 9.59 Å². The molecule has 26 heavy (non-hydrogen) atoms.